The van der Waals surface area contributed by atoms with Crippen LogP contribution in [0.25, 0.3) is 0 Å². The second-order valence-electron chi connectivity index (χ2n) is 3.40. The second kappa shape index (κ2) is 3.06. The maximum Gasteiger partial charge on any atom is 0.309 e. The van der Waals surface area contributed by atoms with Gasteiger partial charge in [0.2, 0.25) is 0 Å². The molecule has 1 aliphatic rings. The fourth-order valence-corrected chi connectivity index (χ4v) is 1.84. The molecule has 2 N–H and O–H groups in total. The highest BCUT2D eigenvalue weighted by molar-refractivity contribution is 5.73. The van der Waals surface area contributed by atoms with Crippen LogP contribution in [0.5, 0.6) is 0 Å². The molecule has 0 saturated carbocycles. The molecule has 4 heteroatoms. The predicted molar refractivity (Wildman–Crippen MR) is 46.2 cm³/mol. The third-order valence-electron chi connectivity index (χ3n) is 2.60. The molecule has 0 heterocycles. The number of rotatable bonds is 1. The van der Waals surface area contributed by atoms with E-state index in [1.165, 1.54) is 12.1 Å². The molecule has 0 radical (unpaired) electrons. The van der Waals surface area contributed by atoms with Crippen molar-refractivity contribution in [1.82, 2.24) is 0 Å². The maximum atomic E-state index is 13.2. The van der Waals surface area contributed by atoms with Crippen LogP contribution in [0.1, 0.15) is 17.2 Å². The van der Waals surface area contributed by atoms with Crippen molar-refractivity contribution in [2.45, 2.75) is 12.5 Å². The van der Waals surface area contributed by atoms with Gasteiger partial charge in [-0.2, -0.15) is 0 Å². The molecule has 0 spiro atoms. The number of aliphatic hydroxyl groups excluding tert-OH is 1. The quantitative estimate of drug-likeness (QED) is 0.707. The first-order valence-electron chi connectivity index (χ1n) is 4.29. The van der Waals surface area contributed by atoms with Crippen LogP contribution < -0.4 is 0 Å². The molecule has 0 bridgehead atoms. The molecule has 2 rings (SSSR count). The van der Waals surface area contributed by atoms with Crippen molar-refractivity contribution in [2.24, 2.45) is 5.92 Å². The smallest absolute Gasteiger partial charge is 0.309 e. The van der Waals surface area contributed by atoms with E-state index in [0.717, 1.165) is 0 Å². The van der Waals surface area contributed by atoms with Gasteiger partial charge in [-0.3, -0.25) is 4.79 Å². The zero-order valence-electron chi connectivity index (χ0n) is 7.27. The van der Waals surface area contributed by atoms with Crippen LogP contribution in [0.4, 0.5) is 4.39 Å². The van der Waals surface area contributed by atoms with Gasteiger partial charge in [-0.25, -0.2) is 4.39 Å². The highest BCUT2D eigenvalue weighted by Gasteiger charge is 2.37. The summed E-state index contributed by atoms with van der Waals surface area (Å²) in [6.45, 7) is 0. The lowest BCUT2D eigenvalue weighted by Gasteiger charge is -2.08. The average molecular weight is 196 g/mol. The van der Waals surface area contributed by atoms with Crippen molar-refractivity contribution in [2.75, 3.05) is 0 Å². The van der Waals surface area contributed by atoms with Crippen LogP contribution in [-0.2, 0) is 11.2 Å². The van der Waals surface area contributed by atoms with Gasteiger partial charge in [0.15, 0.2) is 0 Å². The summed E-state index contributed by atoms with van der Waals surface area (Å²) >= 11 is 0. The molecular formula is C10H9FO3. The summed E-state index contributed by atoms with van der Waals surface area (Å²) in [4.78, 5) is 10.7. The number of aliphatic carboxylic acids is 1. The highest BCUT2D eigenvalue weighted by Crippen LogP contribution is 2.37. The van der Waals surface area contributed by atoms with E-state index in [0.29, 0.717) is 11.1 Å². The SMILES string of the molecule is O=C(O)C1Cc2c(F)cccc2C1O. The van der Waals surface area contributed by atoms with Crippen molar-refractivity contribution in [3.63, 3.8) is 0 Å². The number of carboxylic acids is 1. The van der Waals surface area contributed by atoms with Gasteiger partial charge in [0.05, 0.1) is 12.0 Å². The number of hydrogen-bond acceptors (Lipinski definition) is 2. The van der Waals surface area contributed by atoms with Crippen LogP contribution in [-0.4, -0.2) is 16.2 Å². The molecule has 0 fully saturated rings. The molecule has 1 aromatic carbocycles. The lowest BCUT2D eigenvalue weighted by Crippen LogP contribution is -2.18. The average Bonchev–Trinajstić information content (AvgIpc) is 2.46. The fraction of sp³-hybridized carbons (Fsp3) is 0.300. The van der Waals surface area contributed by atoms with Gasteiger partial charge in [0.25, 0.3) is 0 Å². The largest absolute Gasteiger partial charge is 0.481 e. The van der Waals surface area contributed by atoms with Gasteiger partial charge in [-0.15, -0.1) is 0 Å². The van der Waals surface area contributed by atoms with Crippen LogP contribution in [0.15, 0.2) is 18.2 Å². The standard InChI is InChI=1S/C10H9FO3/c11-8-3-1-2-5-6(8)4-7(9(5)12)10(13)14/h1-3,7,9,12H,4H2,(H,13,14). The zero-order chi connectivity index (χ0) is 10.3. The number of carboxylic acid groups (broad SMARTS) is 1. The molecule has 0 aliphatic heterocycles. The van der Waals surface area contributed by atoms with E-state index in [2.05, 4.69) is 0 Å². The summed E-state index contributed by atoms with van der Waals surface area (Å²) < 4.78 is 13.2. The van der Waals surface area contributed by atoms with Gasteiger partial charge in [-0.1, -0.05) is 12.1 Å². The number of carbonyl (C=O) groups is 1. The minimum absolute atomic E-state index is 0.0680. The Morgan fingerprint density at radius 2 is 2.21 bits per heavy atom. The molecule has 0 amide bonds. The Hall–Kier alpha value is -1.42. The van der Waals surface area contributed by atoms with Gasteiger partial charge in [-0.05, 0) is 23.6 Å². The first-order chi connectivity index (χ1) is 6.61. The Labute approximate surface area is 79.8 Å². The first kappa shape index (κ1) is 9.15. The minimum atomic E-state index is -1.09. The van der Waals surface area contributed by atoms with E-state index in [-0.39, 0.29) is 6.42 Å². The van der Waals surface area contributed by atoms with Crippen molar-refractivity contribution < 1.29 is 19.4 Å². The molecule has 2 atom stereocenters. The Kier molecular flexibility index (Phi) is 2.00. The molecule has 74 valence electrons. The summed E-state index contributed by atoms with van der Waals surface area (Å²) in [6, 6.07) is 4.31. The summed E-state index contributed by atoms with van der Waals surface area (Å²) in [5.74, 6) is -2.44. The lowest BCUT2D eigenvalue weighted by atomic mass is 10.0. The summed E-state index contributed by atoms with van der Waals surface area (Å²) in [5.41, 5.74) is 0.727. The Morgan fingerprint density at radius 1 is 1.50 bits per heavy atom. The topological polar surface area (TPSA) is 57.5 Å². The van der Waals surface area contributed by atoms with E-state index in [4.69, 9.17) is 5.11 Å². The van der Waals surface area contributed by atoms with E-state index >= 15 is 0 Å². The minimum Gasteiger partial charge on any atom is -0.481 e. The van der Waals surface area contributed by atoms with Gasteiger partial charge >= 0.3 is 5.97 Å². The molecule has 1 aromatic rings. The number of benzene rings is 1. The van der Waals surface area contributed by atoms with Crippen molar-refractivity contribution in [1.29, 1.82) is 0 Å². The van der Waals surface area contributed by atoms with Crippen LogP contribution in [0.3, 0.4) is 0 Å². The molecule has 0 aromatic heterocycles. The highest BCUT2D eigenvalue weighted by atomic mass is 19.1. The third kappa shape index (κ3) is 1.19. The maximum absolute atomic E-state index is 13.2. The van der Waals surface area contributed by atoms with E-state index in [9.17, 15) is 14.3 Å². The van der Waals surface area contributed by atoms with Crippen molar-refractivity contribution in [3.8, 4) is 0 Å². The summed E-state index contributed by atoms with van der Waals surface area (Å²) in [5, 5.41) is 18.4. The Balaban J connectivity index is 2.45. The second-order valence-corrected chi connectivity index (χ2v) is 3.40. The third-order valence-corrected chi connectivity index (χ3v) is 2.60. The number of aliphatic hydroxyl groups is 1. The van der Waals surface area contributed by atoms with E-state index in [1.807, 2.05) is 0 Å². The van der Waals surface area contributed by atoms with Crippen molar-refractivity contribution in [3.05, 3.63) is 35.1 Å². The summed E-state index contributed by atoms with van der Waals surface area (Å²) in [7, 11) is 0. The lowest BCUT2D eigenvalue weighted by molar-refractivity contribution is -0.145. The first-order valence-corrected chi connectivity index (χ1v) is 4.29. The summed E-state index contributed by atoms with van der Waals surface area (Å²) in [6.07, 6.45) is -1.02. The number of halogens is 1. The van der Waals surface area contributed by atoms with E-state index < -0.39 is 23.8 Å². The molecule has 3 nitrogen and oxygen atoms in total. The fourth-order valence-electron chi connectivity index (χ4n) is 1.84. The van der Waals surface area contributed by atoms with E-state index in [1.54, 1.807) is 6.07 Å². The van der Waals surface area contributed by atoms with Crippen LogP contribution >= 0.6 is 0 Å². The Morgan fingerprint density at radius 3 is 2.79 bits per heavy atom. The monoisotopic (exact) mass is 196 g/mol. The predicted octanol–water partition coefficient (Wildman–Crippen LogP) is 1.12. The normalized spacial score (nSPS) is 24.7. The van der Waals surface area contributed by atoms with Gasteiger partial charge < -0.3 is 10.2 Å². The van der Waals surface area contributed by atoms with Gasteiger partial charge in [0.1, 0.15) is 5.82 Å². The molecule has 14 heavy (non-hydrogen) atoms. The van der Waals surface area contributed by atoms with Crippen LogP contribution in [0.2, 0.25) is 0 Å². The number of fused-ring (bicyclic) bond motifs is 1. The Bertz CT molecular complexity index is 389. The zero-order valence-corrected chi connectivity index (χ0v) is 7.27. The molecule has 2 unspecified atom stereocenters. The molecule has 0 saturated heterocycles. The van der Waals surface area contributed by atoms with Crippen molar-refractivity contribution >= 4 is 5.97 Å². The molecule has 1 aliphatic carbocycles. The number of hydrogen-bond donors (Lipinski definition) is 2. The van der Waals surface area contributed by atoms with Gasteiger partial charge in [0, 0.05) is 0 Å². The molecular weight excluding hydrogens is 187 g/mol. The van der Waals surface area contributed by atoms with Crippen LogP contribution in [0, 0.1) is 11.7 Å².